The Kier molecular flexibility index (Phi) is 23.5. The van der Waals surface area contributed by atoms with Crippen LogP contribution in [0.4, 0.5) is 0 Å². The predicted molar refractivity (Wildman–Crippen MR) is 286 cm³/mol. The number of carbonyl (C=O) groups is 1. The number of allylic oxidation sites excluding steroid dienone is 1. The van der Waals surface area contributed by atoms with Crippen molar-refractivity contribution in [2.75, 3.05) is 27.4 Å². The van der Waals surface area contributed by atoms with Gasteiger partial charge in [0.25, 0.3) is 0 Å². The topological polar surface area (TPSA) is 72.5 Å². The number of carbonyl (C=O) groups excluding carboxylic acids is 1. The summed E-state index contributed by atoms with van der Waals surface area (Å²) in [6.07, 6.45) is 6.42. The Morgan fingerprint density at radius 3 is 1.60 bits per heavy atom. The minimum atomic E-state index is -2.19. The molecule has 0 N–H and O–H groups in total. The average molecular weight is 960 g/mol. The van der Waals surface area contributed by atoms with Gasteiger partial charge in [-0.2, -0.15) is 0 Å². The molecular formula is C58H94O7Si2. The van der Waals surface area contributed by atoms with E-state index in [4.69, 9.17) is 27.8 Å². The second kappa shape index (κ2) is 26.9. The summed E-state index contributed by atoms with van der Waals surface area (Å²) in [5.41, 5.74) is 3.16. The van der Waals surface area contributed by atoms with Gasteiger partial charge in [0.05, 0.1) is 43.0 Å². The van der Waals surface area contributed by atoms with Gasteiger partial charge in [-0.05, 0) is 124 Å². The number of benzene rings is 3. The lowest BCUT2D eigenvalue weighted by Gasteiger charge is -2.46. The van der Waals surface area contributed by atoms with Gasteiger partial charge in [0.15, 0.2) is 16.6 Å². The Hall–Kier alpha value is -2.90. The van der Waals surface area contributed by atoms with E-state index in [-0.39, 0.29) is 47.3 Å². The van der Waals surface area contributed by atoms with Crippen LogP contribution in [0.2, 0.25) is 36.3 Å². The van der Waals surface area contributed by atoms with Crippen LogP contribution in [-0.4, -0.2) is 74.5 Å². The van der Waals surface area contributed by atoms with Crippen LogP contribution in [0, 0.1) is 23.2 Å². The third-order valence-electron chi connectivity index (χ3n) is 15.0. The fourth-order valence-corrected chi connectivity index (χ4v) is 13.6. The van der Waals surface area contributed by atoms with E-state index >= 15 is 0 Å². The van der Waals surface area contributed by atoms with Crippen LogP contribution in [0.1, 0.15) is 139 Å². The van der Waals surface area contributed by atoms with Gasteiger partial charge in [-0.25, -0.2) is 0 Å². The zero-order valence-electron chi connectivity index (χ0n) is 45.2. The van der Waals surface area contributed by atoms with Crippen molar-refractivity contribution in [3.8, 4) is 0 Å². The summed E-state index contributed by atoms with van der Waals surface area (Å²) in [6, 6.07) is 34.8. The molecule has 9 heteroatoms. The highest BCUT2D eigenvalue weighted by molar-refractivity contribution is 6.74. The van der Waals surface area contributed by atoms with Crippen LogP contribution in [0.5, 0.6) is 0 Å². The summed E-state index contributed by atoms with van der Waals surface area (Å²) >= 11 is 0. The summed E-state index contributed by atoms with van der Waals surface area (Å²) in [7, 11) is -0.551. The molecule has 7 unspecified atom stereocenters. The molecule has 0 saturated carbocycles. The Bertz CT molecular complexity index is 1760. The first kappa shape index (κ1) is 58.4. The molecule has 0 saturated heterocycles. The molecule has 0 radical (unpaired) electrons. The monoisotopic (exact) mass is 959 g/mol. The molecule has 0 aliphatic carbocycles. The third-order valence-corrected chi connectivity index (χ3v) is 24.2. The lowest BCUT2D eigenvalue weighted by molar-refractivity contribution is -0.153. The van der Waals surface area contributed by atoms with E-state index in [1.165, 1.54) is 5.57 Å². The lowest BCUT2D eigenvalue weighted by atomic mass is 9.80. The number of hydrogen-bond donors (Lipinski definition) is 0. The molecule has 0 bridgehead atoms. The van der Waals surface area contributed by atoms with E-state index < -0.39 is 27.7 Å². The molecule has 3 aromatic carbocycles. The molecule has 67 heavy (non-hydrogen) atoms. The van der Waals surface area contributed by atoms with Gasteiger partial charge < -0.3 is 27.8 Å². The van der Waals surface area contributed by atoms with Gasteiger partial charge >= 0.3 is 5.97 Å². The zero-order chi connectivity index (χ0) is 50.1. The Labute approximate surface area is 411 Å². The number of esters is 1. The van der Waals surface area contributed by atoms with Gasteiger partial charge in [-0.3, -0.25) is 4.79 Å². The maximum absolute atomic E-state index is 12.9. The molecule has 376 valence electrons. The summed E-state index contributed by atoms with van der Waals surface area (Å²) in [6.45, 7) is 34.3. The van der Waals surface area contributed by atoms with Crippen LogP contribution in [0.25, 0.3) is 0 Å². The fraction of sp³-hybridized carbons (Fsp3) is 0.638. The number of hydrogen-bond acceptors (Lipinski definition) is 7. The smallest absolute Gasteiger partial charge is 0.311 e. The largest absolute Gasteiger partial charge is 0.465 e. The van der Waals surface area contributed by atoms with Crippen LogP contribution < -0.4 is 0 Å². The molecular weight excluding hydrogens is 865 g/mol. The Balaban J connectivity index is 1.81. The van der Waals surface area contributed by atoms with Crippen molar-refractivity contribution in [1.29, 1.82) is 0 Å². The maximum Gasteiger partial charge on any atom is 0.311 e. The molecule has 0 fully saturated rings. The Morgan fingerprint density at radius 2 is 1.18 bits per heavy atom. The second-order valence-corrected chi connectivity index (χ2v) is 31.5. The van der Waals surface area contributed by atoms with Crippen molar-refractivity contribution in [1.82, 2.24) is 0 Å². The molecule has 0 heterocycles. The molecule has 0 aliphatic rings. The molecule has 3 aromatic rings. The Morgan fingerprint density at radius 1 is 0.687 bits per heavy atom. The zero-order valence-corrected chi connectivity index (χ0v) is 47.2. The SMILES string of the molecule is CC[Si](CC)(CC)OC(CCOC(=O)C(C)(C)C)C(C)C(O[Si](C)(C)C(C)(C)C)C(C)CCC(OC)/C(C)=C\CC(C)CC(COC(c1ccccc1)(c1ccccc1)c1ccccc1)OC. The predicted octanol–water partition coefficient (Wildman–Crippen LogP) is 15.2. The van der Waals surface area contributed by atoms with Crippen LogP contribution in [0.15, 0.2) is 103 Å². The fourth-order valence-electron chi connectivity index (χ4n) is 9.10. The maximum atomic E-state index is 12.9. The van der Waals surface area contributed by atoms with Crippen molar-refractivity contribution in [3.63, 3.8) is 0 Å². The molecule has 3 rings (SSSR count). The minimum absolute atomic E-state index is 0.00699. The van der Waals surface area contributed by atoms with Gasteiger partial charge in [-0.15, -0.1) is 0 Å². The van der Waals surface area contributed by atoms with Gasteiger partial charge in [0.2, 0.25) is 0 Å². The van der Waals surface area contributed by atoms with Gasteiger partial charge in [0, 0.05) is 26.6 Å². The van der Waals surface area contributed by atoms with Crippen molar-refractivity contribution >= 4 is 22.6 Å². The third kappa shape index (κ3) is 16.6. The normalized spacial score (nSPS) is 16.5. The first-order chi connectivity index (χ1) is 31.5. The van der Waals surface area contributed by atoms with Crippen LogP contribution >= 0.6 is 0 Å². The number of rotatable bonds is 29. The highest BCUT2D eigenvalue weighted by Gasteiger charge is 2.45. The van der Waals surface area contributed by atoms with Crippen LogP contribution in [-0.2, 0) is 38.2 Å². The second-order valence-electron chi connectivity index (χ2n) is 22.0. The lowest BCUT2D eigenvalue weighted by Crippen LogP contribution is -2.51. The van der Waals surface area contributed by atoms with E-state index in [1.54, 1.807) is 7.11 Å². The van der Waals surface area contributed by atoms with Crippen LogP contribution in [0.3, 0.4) is 0 Å². The van der Waals surface area contributed by atoms with Gasteiger partial charge in [0.1, 0.15) is 5.60 Å². The van der Waals surface area contributed by atoms with E-state index in [0.717, 1.165) is 60.5 Å². The minimum Gasteiger partial charge on any atom is -0.465 e. The quantitative estimate of drug-likeness (QED) is 0.0297. The standard InChI is InChI=1S/C58H94O7Si2/c1-18-67(19-2,20-3)64-53(40-41-62-55(59)56(8,9)10)47(7)54(65-66(16,17)57(11,12)13)46(6)38-39-52(61-15)45(5)37-36-44(4)42-51(60-14)43-63-58(48-30-24-21-25-31-48,49-32-26-22-27-33-49)50-34-28-23-29-35-50/h21-35,37,44,46-47,51-54H,18-20,36,38-43H2,1-17H3/b45-37-. The van der Waals surface area contributed by atoms with Crippen molar-refractivity contribution in [2.24, 2.45) is 23.2 Å². The molecule has 0 spiro atoms. The molecule has 0 aliphatic heterocycles. The molecule has 0 aromatic heterocycles. The number of ether oxygens (including phenoxy) is 4. The first-order valence-electron chi connectivity index (χ1n) is 25.6. The molecule has 0 amide bonds. The summed E-state index contributed by atoms with van der Waals surface area (Å²) in [5, 5.41) is 0.0475. The molecule has 7 atom stereocenters. The summed E-state index contributed by atoms with van der Waals surface area (Å²) in [5.74, 6) is 0.528. The first-order valence-corrected chi connectivity index (χ1v) is 31.0. The van der Waals surface area contributed by atoms with E-state index in [0.29, 0.717) is 25.6 Å². The highest BCUT2D eigenvalue weighted by Crippen LogP contribution is 2.43. The van der Waals surface area contributed by atoms with Crippen molar-refractivity contribution in [3.05, 3.63) is 119 Å². The average Bonchev–Trinajstić information content (AvgIpc) is 3.31. The molecule has 7 nitrogen and oxygen atoms in total. The number of methoxy groups -OCH3 is 2. The van der Waals surface area contributed by atoms with E-state index in [1.807, 2.05) is 27.9 Å². The van der Waals surface area contributed by atoms with Crippen molar-refractivity contribution in [2.45, 2.75) is 188 Å². The summed E-state index contributed by atoms with van der Waals surface area (Å²) < 4.78 is 40.3. The summed E-state index contributed by atoms with van der Waals surface area (Å²) in [4.78, 5) is 12.9. The highest BCUT2D eigenvalue weighted by atomic mass is 28.4. The van der Waals surface area contributed by atoms with E-state index in [2.05, 4.69) is 179 Å². The van der Waals surface area contributed by atoms with E-state index in [9.17, 15) is 4.79 Å². The van der Waals surface area contributed by atoms with Gasteiger partial charge in [-0.1, -0.05) is 159 Å². The van der Waals surface area contributed by atoms with Crippen molar-refractivity contribution < 1.29 is 32.6 Å².